The first kappa shape index (κ1) is 21.3. The number of hydrogen-bond donors (Lipinski definition) is 0. The number of hydrogen-bond acceptors (Lipinski definition) is 4. The zero-order valence-electron chi connectivity index (χ0n) is 17.5. The van der Waals surface area contributed by atoms with Crippen molar-refractivity contribution in [3.63, 3.8) is 0 Å². The fourth-order valence-corrected chi connectivity index (χ4v) is 3.50. The van der Waals surface area contributed by atoms with Crippen LogP contribution in [-0.2, 0) is 38.8 Å². The molecule has 160 valence electrons. The molecule has 1 aliphatic rings. The van der Waals surface area contributed by atoms with Crippen molar-refractivity contribution in [3.8, 4) is 0 Å². The Bertz CT molecular complexity index is 912. The van der Waals surface area contributed by atoms with E-state index in [2.05, 4.69) is 36.4 Å². The van der Waals surface area contributed by atoms with Crippen molar-refractivity contribution < 1.29 is 18.9 Å². The summed E-state index contributed by atoms with van der Waals surface area (Å²) in [5, 5.41) is 0. The van der Waals surface area contributed by atoms with E-state index in [-0.39, 0.29) is 18.3 Å². The largest absolute Gasteiger partial charge is 0.492 e. The van der Waals surface area contributed by atoms with E-state index in [1.807, 2.05) is 60.7 Å². The van der Waals surface area contributed by atoms with Gasteiger partial charge in [-0.05, 0) is 22.8 Å². The lowest BCUT2D eigenvalue weighted by atomic mass is 10.1. The molecular weight excluding hydrogens is 388 g/mol. The van der Waals surface area contributed by atoms with Gasteiger partial charge in [-0.25, -0.2) is 0 Å². The Kier molecular flexibility index (Phi) is 7.88. The molecule has 0 bridgehead atoms. The molecule has 1 aliphatic heterocycles. The maximum Gasteiger partial charge on any atom is 0.156 e. The number of benzene rings is 3. The van der Waals surface area contributed by atoms with Gasteiger partial charge in [0.1, 0.15) is 12.2 Å². The second kappa shape index (κ2) is 11.5. The molecule has 0 spiro atoms. The van der Waals surface area contributed by atoms with Gasteiger partial charge in [-0.3, -0.25) is 0 Å². The summed E-state index contributed by atoms with van der Waals surface area (Å²) in [5.41, 5.74) is 3.37. The minimum Gasteiger partial charge on any atom is -0.492 e. The van der Waals surface area contributed by atoms with Crippen LogP contribution in [-0.4, -0.2) is 24.9 Å². The third-order valence-corrected chi connectivity index (χ3v) is 5.18. The zero-order valence-corrected chi connectivity index (χ0v) is 17.5. The molecule has 0 N–H and O–H groups in total. The normalized spacial score (nSPS) is 18.6. The van der Waals surface area contributed by atoms with E-state index in [0.29, 0.717) is 26.4 Å². The van der Waals surface area contributed by atoms with Gasteiger partial charge < -0.3 is 18.9 Å². The van der Waals surface area contributed by atoms with E-state index in [0.717, 1.165) is 16.7 Å². The van der Waals surface area contributed by atoms with Gasteiger partial charge in [0.05, 0.1) is 32.7 Å². The van der Waals surface area contributed by atoms with Gasteiger partial charge in [0, 0.05) is 0 Å². The van der Waals surface area contributed by atoms with E-state index < -0.39 is 0 Å². The molecule has 0 saturated carbocycles. The average molecular weight is 417 g/mol. The topological polar surface area (TPSA) is 36.9 Å². The first-order valence-corrected chi connectivity index (χ1v) is 10.6. The second-order valence-electron chi connectivity index (χ2n) is 7.53. The minimum absolute atomic E-state index is 0.193. The molecule has 2 unspecified atom stereocenters. The molecule has 0 fully saturated rings. The van der Waals surface area contributed by atoms with Gasteiger partial charge in [0.2, 0.25) is 0 Å². The molecule has 4 rings (SSSR count). The van der Waals surface area contributed by atoms with Crippen LogP contribution >= 0.6 is 0 Å². The maximum atomic E-state index is 6.26. The van der Waals surface area contributed by atoms with Crippen LogP contribution in [0.2, 0.25) is 0 Å². The molecule has 3 atom stereocenters. The third-order valence-electron chi connectivity index (χ3n) is 5.18. The monoisotopic (exact) mass is 416 g/mol. The van der Waals surface area contributed by atoms with Crippen LogP contribution in [0.4, 0.5) is 0 Å². The molecule has 3 aromatic carbocycles. The van der Waals surface area contributed by atoms with E-state index in [4.69, 9.17) is 18.9 Å². The van der Waals surface area contributed by atoms with Crippen LogP contribution in [0, 0.1) is 0 Å². The van der Waals surface area contributed by atoms with Crippen LogP contribution in [0.3, 0.4) is 0 Å². The van der Waals surface area contributed by atoms with Crippen molar-refractivity contribution >= 4 is 0 Å². The van der Waals surface area contributed by atoms with Gasteiger partial charge in [-0.15, -0.1) is 0 Å². The van der Waals surface area contributed by atoms with Crippen LogP contribution in [0.5, 0.6) is 0 Å². The lowest BCUT2D eigenvalue weighted by Crippen LogP contribution is -2.41. The van der Waals surface area contributed by atoms with Crippen molar-refractivity contribution in [1.29, 1.82) is 0 Å². The zero-order chi connectivity index (χ0) is 21.1. The van der Waals surface area contributed by atoms with Gasteiger partial charge in [0.15, 0.2) is 6.10 Å². The summed E-state index contributed by atoms with van der Waals surface area (Å²) in [6, 6.07) is 30.4. The van der Waals surface area contributed by atoms with E-state index in [9.17, 15) is 0 Å². The Labute approximate surface area is 184 Å². The van der Waals surface area contributed by atoms with Crippen molar-refractivity contribution in [2.45, 2.75) is 38.1 Å². The predicted octanol–water partition coefficient (Wildman–Crippen LogP) is 5.29. The van der Waals surface area contributed by atoms with Crippen LogP contribution in [0.15, 0.2) is 103 Å². The van der Waals surface area contributed by atoms with Crippen molar-refractivity contribution in [3.05, 3.63) is 120 Å². The molecule has 0 aromatic heterocycles. The summed E-state index contributed by atoms with van der Waals surface area (Å²) in [5.74, 6) is 0. The number of rotatable bonds is 11. The minimum atomic E-state index is -0.264. The molecule has 1 heterocycles. The molecule has 0 radical (unpaired) electrons. The SMILES string of the molecule is C1=C[C@@H](OCc2ccccc2)C(C(COCc2ccccc2)OCc2ccccc2)O1. The summed E-state index contributed by atoms with van der Waals surface area (Å²) in [7, 11) is 0. The van der Waals surface area contributed by atoms with Crippen LogP contribution in [0.1, 0.15) is 16.7 Å². The summed E-state index contributed by atoms with van der Waals surface area (Å²) in [6.45, 7) is 1.96. The highest BCUT2D eigenvalue weighted by atomic mass is 16.6. The predicted molar refractivity (Wildman–Crippen MR) is 120 cm³/mol. The number of ether oxygens (including phenoxy) is 4. The van der Waals surface area contributed by atoms with Crippen molar-refractivity contribution in [1.82, 2.24) is 0 Å². The van der Waals surface area contributed by atoms with Gasteiger partial charge >= 0.3 is 0 Å². The van der Waals surface area contributed by atoms with E-state index in [1.54, 1.807) is 6.26 Å². The van der Waals surface area contributed by atoms with Gasteiger partial charge in [0.25, 0.3) is 0 Å². The fourth-order valence-electron chi connectivity index (χ4n) is 3.50. The Morgan fingerprint density at radius 3 is 1.84 bits per heavy atom. The fraction of sp³-hybridized carbons (Fsp3) is 0.259. The average Bonchev–Trinajstić information content (AvgIpc) is 3.30. The lowest BCUT2D eigenvalue weighted by molar-refractivity contribution is -0.122. The molecule has 0 saturated heterocycles. The van der Waals surface area contributed by atoms with Crippen LogP contribution in [0.25, 0.3) is 0 Å². The Hall–Kier alpha value is -2.92. The van der Waals surface area contributed by atoms with Gasteiger partial charge in [-0.2, -0.15) is 0 Å². The third kappa shape index (κ3) is 6.53. The summed E-state index contributed by atoms with van der Waals surface area (Å²) >= 11 is 0. The first-order valence-electron chi connectivity index (χ1n) is 10.6. The molecule has 31 heavy (non-hydrogen) atoms. The molecule has 0 aliphatic carbocycles. The second-order valence-corrected chi connectivity index (χ2v) is 7.53. The van der Waals surface area contributed by atoms with E-state index >= 15 is 0 Å². The highest BCUT2D eigenvalue weighted by Crippen LogP contribution is 2.22. The molecule has 3 aromatic rings. The highest BCUT2D eigenvalue weighted by molar-refractivity contribution is 5.15. The smallest absolute Gasteiger partial charge is 0.156 e. The summed E-state index contributed by atoms with van der Waals surface area (Å²) in [4.78, 5) is 0. The quantitative estimate of drug-likeness (QED) is 0.426. The summed E-state index contributed by atoms with van der Waals surface area (Å²) in [6.07, 6.45) is 2.93. The summed E-state index contributed by atoms with van der Waals surface area (Å²) < 4.78 is 24.3. The lowest BCUT2D eigenvalue weighted by Gasteiger charge is -2.28. The molecular formula is C27H28O4. The van der Waals surface area contributed by atoms with E-state index in [1.165, 1.54) is 0 Å². The standard InChI is InChI=1S/C27H28O4/c1-4-10-22(11-5-1)18-28-21-26(31-20-24-14-8-3-9-15-24)27-25(16-17-29-27)30-19-23-12-6-2-7-13-23/h1-17,25-27H,18-21H2/t25-,26?,27?/m1/s1. The Morgan fingerprint density at radius 2 is 1.23 bits per heavy atom. The highest BCUT2D eigenvalue weighted by Gasteiger charge is 2.34. The van der Waals surface area contributed by atoms with Crippen molar-refractivity contribution in [2.24, 2.45) is 0 Å². The van der Waals surface area contributed by atoms with Crippen molar-refractivity contribution in [2.75, 3.05) is 6.61 Å². The molecule has 4 heteroatoms. The Balaban J connectivity index is 1.37. The van der Waals surface area contributed by atoms with Crippen LogP contribution < -0.4 is 0 Å². The first-order chi connectivity index (χ1) is 15.4. The Morgan fingerprint density at radius 1 is 0.677 bits per heavy atom. The maximum absolute atomic E-state index is 6.26. The molecule has 4 nitrogen and oxygen atoms in total. The molecule has 0 amide bonds. The van der Waals surface area contributed by atoms with Gasteiger partial charge in [-0.1, -0.05) is 91.0 Å².